The van der Waals surface area contributed by atoms with E-state index in [0.717, 1.165) is 6.42 Å². The van der Waals surface area contributed by atoms with E-state index >= 15 is 0 Å². The topological polar surface area (TPSA) is 38.3 Å². The first-order valence-corrected chi connectivity index (χ1v) is 3.83. The Bertz CT molecular complexity index is 212. The number of nitrogens with one attached hydrogen (secondary N) is 1. The summed E-state index contributed by atoms with van der Waals surface area (Å²) >= 11 is 0. The van der Waals surface area contributed by atoms with Crippen LogP contribution in [0.15, 0.2) is 12.2 Å². The minimum absolute atomic E-state index is 0.0880. The average molecular weight is 153 g/mol. The Kier molecular flexibility index (Phi) is 1.46. The summed E-state index contributed by atoms with van der Waals surface area (Å²) in [4.78, 5) is 11.1. The Balaban J connectivity index is 2.08. The molecule has 0 radical (unpaired) electrons. The molecule has 0 aromatic rings. The number of ether oxygens (including phenoxy) is 1. The molecular weight excluding hydrogens is 142 g/mol. The molecule has 1 fully saturated rings. The number of fused-ring (bicyclic) bond motifs is 2. The monoisotopic (exact) mass is 153 g/mol. The molecule has 1 heterocycles. The van der Waals surface area contributed by atoms with Gasteiger partial charge in [-0.25, -0.2) is 0 Å². The van der Waals surface area contributed by atoms with Gasteiger partial charge in [0.25, 0.3) is 0 Å². The molecule has 0 saturated carbocycles. The van der Waals surface area contributed by atoms with Gasteiger partial charge >= 0.3 is 5.97 Å². The molecule has 2 bridgehead atoms. The summed E-state index contributed by atoms with van der Waals surface area (Å²) in [5, 5.41) is 3.18. The number of esters is 1. The zero-order valence-electron chi connectivity index (χ0n) is 6.41. The highest BCUT2D eigenvalue weighted by Crippen LogP contribution is 2.29. The van der Waals surface area contributed by atoms with Gasteiger partial charge in [-0.2, -0.15) is 0 Å². The smallest absolute Gasteiger partial charge is 0.323 e. The van der Waals surface area contributed by atoms with Crippen molar-refractivity contribution in [2.45, 2.75) is 18.5 Å². The summed E-state index contributed by atoms with van der Waals surface area (Å²) in [6.45, 7) is 0. The lowest BCUT2D eigenvalue weighted by atomic mass is 10.0. The lowest BCUT2D eigenvalue weighted by Crippen LogP contribution is -2.40. The maximum atomic E-state index is 11.1. The van der Waals surface area contributed by atoms with Gasteiger partial charge in [0, 0.05) is 12.0 Å². The van der Waals surface area contributed by atoms with Crippen LogP contribution in [0.1, 0.15) is 6.42 Å². The van der Waals surface area contributed by atoms with E-state index in [2.05, 4.69) is 22.2 Å². The Morgan fingerprint density at radius 2 is 2.45 bits per heavy atom. The van der Waals surface area contributed by atoms with Gasteiger partial charge in [-0.3, -0.25) is 10.1 Å². The zero-order chi connectivity index (χ0) is 7.84. The number of rotatable bonds is 1. The fourth-order valence-corrected chi connectivity index (χ4v) is 1.82. The highest BCUT2D eigenvalue weighted by atomic mass is 16.5. The van der Waals surface area contributed by atoms with E-state index in [9.17, 15) is 4.79 Å². The highest BCUT2D eigenvalue weighted by molar-refractivity contribution is 5.77. The van der Waals surface area contributed by atoms with E-state index in [1.165, 1.54) is 7.11 Å². The molecular formula is C8H11NO2. The van der Waals surface area contributed by atoms with E-state index < -0.39 is 0 Å². The molecule has 1 aliphatic carbocycles. The molecule has 1 saturated heterocycles. The van der Waals surface area contributed by atoms with Crippen molar-refractivity contribution in [3.8, 4) is 0 Å². The van der Waals surface area contributed by atoms with Gasteiger partial charge < -0.3 is 4.74 Å². The molecule has 11 heavy (non-hydrogen) atoms. The van der Waals surface area contributed by atoms with Gasteiger partial charge in [0.15, 0.2) is 0 Å². The average Bonchev–Trinajstić information content (AvgIpc) is 2.62. The first kappa shape index (κ1) is 6.85. The third-order valence-electron chi connectivity index (χ3n) is 2.39. The molecule has 1 aliphatic heterocycles. The Hall–Kier alpha value is -0.830. The molecule has 0 amide bonds. The van der Waals surface area contributed by atoms with E-state index in [1.807, 2.05) is 0 Å². The van der Waals surface area contributed by atoms with Crippen LogP contribution in [0.2, 0.25) is 0 Å². The quantitative estimate of drug-likeness (QED) is 0.428. The predicted molar refractivity (Wildman–Crippen MR) is 40.0 cm³/mol. The fourth-order valence-electron chi connectivity index (χ4n) is 1.82. The predicted octanol–water partition coefficient (Wildman–Crippen LogP) is 0.0759. The second kappa shape index (κ2) is 2.34. The number of hydrogen-bond donors (Lipinski definition) is 1. The third-order valence-corrected chi connectivity index (χ3v) is 2.39. The summed E-state index contributed by atoms with van der Waals surface area (Å²) in [5.74, 6) is 0.231. The van der Waals surface area contributed by atoms with Crippen LogP contribution in [0.4, 0.5) is 0 Å². The van der Waals surface area contributed by atoms with Crippen molar-refractivity contribution in [2.24, 2.45) is 5.92 Å². The molecule has 0 unspecified atom stereocenters. The Morgan fingerprint density at radius 3 is 2.91 bits per heavy atom. The largest absolute Gasteiger partial charge is 0.468 e. The van der Waals surface area contributed by atoms with Crippen molar-refractivity contribution in [3.05, 3.63) is 12.2 Å². The molecule has 0 aromatic carbocycles. The van der Waals surface area contributed by atoms with Crippen molar-refractivity contribution < 1.29 is 9.53 Å². The lowest BCUT2D eigenvalue weighted by Gasteiger charge is -2.15. The van der Waals surface area contributed by atoms with Crippen LogP contribution in [0.25, 0.3) is 0 Å². The van der Waals surface area contributed by atoms with Crippen molar-refractivity contribution in [1.82, 2.24) is 5.32 Å². The molecule has 0 spiro atoms. The molecule has 2 aliphatic rings. The van der Waals surface area contributed by atoms with Gasteiger partial charge in [-0.1, -0.05) is 12.2 Å². The van der Waals surface area contributed by atoms with Crippen molar-refractivity contribution in [2.75, 3.05) is 7.11 Å². The molecule has 3 atom stereocenters. The van der Waals surface area contributed by atoms with Crippen LogP contribution in [0.3, 0.4) is 0 Å². The maximum absolute atomic E-state index is 11.1. The summed E-state index contributed by atoms with van der Waals surface area (Å²) in [7, 11) is 1.43. The van der Waals surface area contributed by atoms with Crippen molar-refractivity contribution >= 4 is 5.97 Å². The molecule has 0 aromatic heterocycles. The number of hydrogen-bond acceptors (Lipinski definition) is 3. The first-order chi connectivity index (χ1) is 5.31. The Labute approximate surface area is 65.4 Å². The number of carbonyl (C=O) groups excluding carboxylic acids is 1. The summed E-state index contributed by atoms with van der Waals surface area (Å²) in [6, 6.07) is 0.319. The second-order valence-electron chi connectivity index (χ2n) is 3.06. The molecule has 60 valence electrons. The van der Waals surface area contributed by atoms with Crippen molar-refractivity contribution in [3.63, 3.8) is 0 Å². The van der Waals surface area contributed by atoms with Gasteiger partial charge in [-0.05, 0) is 6.42 Å². The van der Waals surface area contributed by atoms with Gasteiger partial charge in [0.1, 0.15) is 6.04 Å². The Morgan fingerprint density at radius 1 is 1.64 bits per heavy atom. The number of methoxy groups -OCH3 is 1. The van der Waals surface area contributed by atoms with Crippen LogP contribution in [0, 0.1) is 5.92 Å². The molecule has 3 heteroatoms. The summed E-state index contributed by atoms with van der Waals surface area (Å²) < 4.78 is 4.65. The van der Waals surface area contributed by atoms with Gasteiger partial charge in [-0.15, -0.1) is 0 Å². The zero-order valence-corrected chi connectivity index (χ0v) is 6.41. The fraction of sp³-hybridized carbons (Fsp3) is 0.625. The van der Waals surface area contributed by atoms with Crippen LogP contribution in [-0.4, -0.2) is 25.2 Å². The lowest BCUT2D eigenvalue weighted by molar-refractivity contribution is -0.143. The highest BCUT2D eigenvalue weighted by Gasteiger charge is 2.39. The summed E-state index contributed by atoms with van der Waals surface area (Å²) in [6.07, 6.45) is 5.27. The minimum atomic E-state index is -0.137. The molecule has 1 N–H and O–H groups in total. The van der Waals surface area contributed by atoms with Crippen LogP contribution in [0.5, 0.6) is 0 Å². The second-order valence-corrected chi connectivity index (χ2v) is 3.06. The van der Waals surface area contributed by atoms with Crippen molar-refractivity contribution in [1.29, 1.82) is 0 Å². The minimum Gasteiger partial charge on any atom is -0.468 e. The van der Waals surface area contributed by atoms with E-state index in [-0.39, 0.29) is 12.0 Å². The van der Waals surface area contributed by atoms with Crippen LogP contribution >= 0.6 is 0 Å². The SMILES string of the molecule is COC(=O)[C@@H]1N[C@H]2C=C[C@H]1C2. The molecule has 3 nitrogen and oxygen atoms in total. The number of carbonyl (C=O) groups is 1. The van der Waals surface area contributed by atoms with Gasteiger partial charge in [0.05, 0.1) is 7.11 Å². The third kappa shape index (κ3) is 0.959. The summed E-state index contributed by atoms with van der Waals surface area (Å²) in [5.41, 5.74) is 0. The van der Waals surface area contributed by atoms with Gasteiger partial charge in [0.2, 0.25) is 0 Å². The maximum Gasteiger partial charge on any atom is 0.323 e. The normalized spacial score (nSPS) is 39.5. The van der Waals surface area contributed by atoms with E-state index in [4.69, 9.17) is 0 Å². The van der Waals surface area contributed by atoms with Crippen LogP contribution < -0.4 is 5.32 Å². The van der Waals surface area contributed by atoms with Crippen LogP contribution in [-0.2, 0) is 9.53 Å². The standard InChI is InChI=1S/C8H11NO2/c1-11-8(10)7-5-2-3-6(4-5)9-7/h2-3,5-7,9H,4H2,1H3/t5-,6-,7+/m0/s1. The van der Waals surface area contributed by atoms with E-state index in [1.54, 1.807) is 0 Å². The molecule has 2 rings (SSSR count). The first-order valence-electron chi connectivity index (χ1n) is 3.83. The van der Waals surface area contributed by atoms with E-state index in [0.29, 0.717) is 12.0 Å².